The molecule has 0 unspecified atom stereocenters. The van der Waals surface area contributed by atoms with Gasteiger partial charge in [0, 0.05) is 20.6 Å². The van der Waals surface area contributed by atoms with E-state index < -0.39 is 0 Å². The quantitative estimate of drug-likeness (QED) is 0.701. The number of anilines is 1. The summed E-state index contributed by atoms with van der Waals surface area (Å²) in [6.07, 6.45) is 0. The molecule has 1 saturated heterocycles. The van der Waals surface area contributed by atoms with Gasteiger partial charge in [-0.15, -0.1) is 11.8 Å². The third kappa shape index (κ3) is 3.26. The Hall–Kier alpha value is -1.07. The van der Waals surface area contributed by atoms with Gasteiger partial charge in [-0.05, 0) is 30.3 Å². The summed E-state index contributed by atoms with van der Waals surface area (Å²) in [5.41, 5.74) is 1.46. The molecule has 0 aromatic heterocycles. The predicted molar refractivity (Wildman–Crippen MR) is 97.2 cm³/mol. The molecule has 1 aliphatic rings. The van der Waals surface area contributed by atoms with Gasteiger partial charge in [-0.1, -0.05) is 40.9 Å². The van der Waals surface area contributed by atoms with E-state index in [1.165, 1.54) is 11.8 Å². The number of methoxy groups -OCH3 is 1. The zero-order valence-corrected chi connectivity index (χ0v) is 15.1. The molecule has 0 radical (unpaired) electrons. The van der Waals surface area contributed by atoms with Crippen LogP contribution in [-0.2, 0) is 4.79 Å². The number of nitrogens with zero attached hydrogens (tertiary/aromatic N) is 1. The minimum atomic E-state index is -0.250. The number of rotatable bonds is 3. The SMILES string of the molecule is COc1ccc(Cl)cc1N1C(=O)CS[C@@H]1c1ccc(Cl)cc1Cl. The van der Waals surface area contributed by atoms with Crippen LogP contribution in [0.2, 0.25) is 15.1 Å². The highest BCUT2D eigenvalue weighted by atomic mass is 35.5. The maximum Gasteiger partial charge on any atom is 0.238 e. The number of benzene rings is 2. The molecule has 1 fully saturated rings. The average molecular weight is 389 g/mol. The van der Waals surface area contributed by atoms with Crippen molar-refractivity contribution < 1.29 is 9.53 Å². The van der Waals surface area contributed by atoms with Gasteiger partial charge in [0.15, 0.2) is 0 Å². The summed E-state index contributed by atoms with van der Waals surface area (Å²) in [7, 11) is 1.56. The molecule has 23 heavy (non-hydrogen) atoms. The molecule has 7 heteroatoms. The zero-order valence-electron chi connectivity index (χ0n) is 12.1. The fourth-order valence-electron chi connectivity index (χ4n) is 2.47. The van der Waals surface area contributed by atoms with Gasteiger partial charge in [0.1, 0.15) is 11.1 Å². The Kier molecular flexibility index (Phi) is 4.97. The van der Waals surface area contributed by atoms with Crippen LogP contribution in [0.4, 0.5) is 5.69 Å². The summed E-state index contributed by atoms with van der Waals surface area (Å²) in [5, 5.41) is 1.36. The monoisotopic (exact) mass is 387 g/mol. The fourth-order valence-corrected chi connectivity index (χ4v) is 4.42. The Morgan fingerprint density at radius 2 is 1.83 bits per heavy atom. The van der Waals surface area contributed by atoms with Crippen molar-refractivity contribution in [1.29, 1.82) is 0 Å². The Balaban J connectivity index is 2.09. The second-order valence-corrected chi connectivity index (χ2v) is 7.26. The molecular formula is C16H12Cl3NO2S. The lowest BCUT2D eigenvalue weighted by molar-refractivity contribution is -0.115. The number of halogens is 3. The number of ether oxygens (including phenoxy) is 1. The topological polar surface area (TPSA) is 29.5 Å². The highest BCUT2D eigenvalue weighted by Gasteiger charge is 2.36. The highest BCUT2D eigenvalue weighted by Crippen LogP contribution is 2.47. The number of thioether (sulfide) groups is 1. The normalized spacial score (nSPS) is 17.7. The highest BCUT2D eigenvalue weighted by molar-refractivity contribution is 8.00. The van der Waals surface area contributed by atoms with E-state index in [0.29, 0.717) is 32.3 Å². The lowest BCUT2D eigenvalue weighted by Gasteiger charge is -2.26. The molecule has 0 saturated carbocycles. The van der Waals surface area contributed by atoms with Crippen molar-refractivity contribution in [3.05, 3.63) is 57.0 Å². The lowest BCUT2D eigenvalue weighted by Crippen LogP contribution is -2.28. The standard InChI is InChI=1S/C16H12Cl3NO2S/c1-22-14-5-3-10(18)7-13(14)20-15(21)8-23-16(20)11-4-2-9(17)6-12(11)19/h2-7,16H,8H2,1H3/t16-/m1/s1. The number of hydrogen-bond acceptors (Lipinski definition) is 3. The van der Waals surface area contributed by atoms with Gasteiger partial charge in [-0.3, -0.25) is 9.69 Å². The molecule has 0 bridgehead atoms. The Morgan fingerprint density at radius 3 is 2.52 bits per heavy atom. The Labute approximate surface area is 153 Å². The fraction of sp³-hybridized carbons (Fsp3) is 0.188. The van der Waals surface area contributed by atoms with Crippen LogP contribution in [0, 0.1) is 0 Å². The first kappa shape index (κ1) is 16.8. The van der Waals surface area contributed by atoms with Crippen LogP contribution in [0.25, 0.3) is 0 Å². The van der Waals surface area contributed by atoms with Crippen molar-refractivity contribution in [2.24, 2.45) is 0 Å². The zero-order chi connectivity index (χ0) is 16.6. The Morgan fingerprint density at radius 1 is 1.13 bits per heavy atom. The summed E-state index contributed by atoms with van der Waals surface area (Å²) in [6.45, 7) is 0. The third-order valence-corrected chi connectivity index (χ3v) is 5.49. The first-order valence-electron chi connectivity index (χ1n) is 6.73. The maximum absolute atomic E-state index is 12.5. The minimum Gasteiger partial charge on any atom is -0.495 e. The van der Waals surface area contributed by atoms with E-state index in [0.717, 1.165) is 5.56 Å². The van der Waals surface area contributed by atoms with Crippen LogP contribution in [0.5, 0.6) is 5.75 Å². The molecule has 1 aliphatic heterocycles. The van der Waals surface area contributed by atoms with Crippen molar-refractivity contribution in [2.75, 3.05) is 17.8 Å². The molecule has 0 aliphatic carbocycles. The molecule has 2 aromatic carbocycles. The first-order chi connectivity index (χ1) is 11.0. The summed E-state index contributed by atoms with van der Waals surface area (Å²) in [6, 6.07) is 10.5. The summed E-state index contributed by atoms with van der Waals surface area (Å²) in [5.74, 6) is 0.922. The summed E-state index contributed by atoms with van der Waals surface area (Å²) >= 11 is 19.9. The smallest absolute Gasteiger partial charge is 0.238 e. The molecular weight excluding hydrogens is 377 g/mol. The Bertz CT molecular complexity index is 769. The molecule has 1 heterocycles. The number of carbonyl (C=O) groups excluding carboxylic acids is 1. The maximum atomic E-state index is 12.5. The van der Waals surface area contributed by atoms with E-state index in [1.54, 1.807) is 42.3 Å². The van der Waals surface area contributed by atoms with Gasteiger partial charge >= 0.3 is 0 Å². The molecule has 2 aromatic rings. The minimum absolute atomic E-state index is 0.0217. The van der Waals surface area contributed by atoms with Crippen molar-refractivity contribution >= 4 is 58.2 Å². The van der Waals surface area contributed by atoms with Crippen LogP contribution < -0.4 is 9.64 Å². The molecule has 1 amide bonds. The first-order valence-corrected chi connectivity index (χ1v) is 8.91. The van der Waals surface area contributed by atoms with Crippen molar-refractivity contribution in [3.63, 3.8) is 0 Å². The van der Waals surface area contributed by atoms with Gasteiger partial charge in [0.25, 0.3) is 0 Å². The molecule has 0 N–H and O–H groups in total. The van der Waals surface area contributed by atoms with Crippen molar-refractivity contribution in [3.8, 4) is 5.75 Å². The molecule has 1 atom stereocenters. The third-order valence-electron chi connectivity index (χ3n) is 3.50. The van der Waals surface area contributed by atoms with E-state index >= 15 is 0 Å². The van der Waals surface area contributed by atoms with Gasteiger partial charge in [-0.25, -0.2) is 0 Å². The number of hydrogen-bond donors (Lipinski definition) is 0. The van der Waals surface area contributed by atoms with E-state index in [4.69, 9.17) is 39.5 Å². The summed E-state index contributed by atoms with van der Waals surface area (Å²) < 4.78 is 5.38. The van der Waals surface area contributed by atoms with Crippen LogP contribution in [0.1, 0.15) is 10.9 Å². The molecule has 0 spiro atoms. The van der Waals surface area contributed by atoms with Crippen LogP contribution >= 0.6 is 46.6 Å². The van der Waals surface area contributed by atoms with E-state index in [9.17, 15) is 4.79 Å². The summed E-state index contributed by atoms with van der Waals surface area (Å²) in [4.78, 5) is 14.1. The number of carbonyl (C=O) groups is 1. The number of amides is 1. The van der Waals surface area contributed by atoms with Gasteiger partial charge in [0.2, 0.25) is 5.91 Å². The molecule has 3 rings (SSSR count). The van der Waals surface area contributed by atoms with Crippen LogP contribution in [0.3, 0.4) is 0 Å². The second-order valence-electron chi connectivity index (χ2n) is 4.91. The molecule has 120 valence electrons. The van der Waals surface area contributed by atoms with E-state index in [2.05, 4.69) is 0 Å². The van der Waals surface area contributed by atoms with Crippen molar-refractivity contribution in [2.45, 2.75) is 5.37 Å². The average Bonchev–Trinajstić information content (AvgIpc) is 2.88. The van der Waals surface area contributed by atoms with Gasteiger partial charge < -0.3 is 4.74 Å². The van der Waals surface area contributed by atoms with Crippen molar-refractivity contribution in [1.82, 2.24) is 0 Å². The van der Waals surface area contributed by atoms with Gasteiger partial charge in [-0.2, -0.15) is 0 Å². The van der Waals surface area contributed by atoms with Gasteiger partial charge in [0.05, 0.1) is 18.6 Å². The second kappa shape index (κ2) is 6.81. The molecule has 3 nitrogen and oxygen atoms in total. The lowest BCUT2D eigenvalue weighted by atomic mass is 10.1. The van der Waals surface area contributed by atoms with Crippen LogP contribution in [0.15, 0.2) is 36.4 Å². The predicted octanol–water partition coefficient (Wildman–Crippen LogP) is 5.43. The largest absolute Gasteiger partial charge is 0.495 e. The van der Waals surface area contributed by atoms with E-state index in [1.807, 2.05) is 6.07 Å². The van der Waals surface area contributed by atoms with E-state index in [-0.39, 0.29) is 11.3 Å². The van der Waals surface area contributed by atoms with Crippen LogP contribution in [-0.4, -0.2) is 18.8 Å².